The van der Waals surface area contributed by atoms with E-state index in [9.17, 15) is 5.11 Å². The Bertz CT molecular complexity index is 1280. The molecule has 10 nitrogen and oxygen atoms in total. The monoisotopic (exact) mass is 526 g/mol. The molecule has 4 atom stereocenters. The van der Waals surface area contributed by atoms with Crippen molar-refractivity contribution in [2.24, 2.45) is 0 Å². The number of alkyl halides is 1. The zero-order chi connectivity index (χ0) is 26.2. The Hall–Kier alpha value is -2.86. The highest BCUT2D eigenvalue weighted by atomic mass is 19.1. The molecule has 0 saturated carbocycles. The van der Waals surface area contributed by atoms with Crippen LogP contribution in [-0.2, 0) is 9.47 Å². The lowest BCUT2D eigenvalue weighted by atomic mass is 9.84. The van der Waals surface area contributed by atoms with Gasteiger partial charge in [-0.1, -0.05) is 0 Å². The lowest BCUT2D eigenvalue weighted by molar-refractivity contribution is 0.00333. The summed E-state index contributed by atoms with van der Waals surface area (Å²) >= 11 is 0. The molecule has 11 heteroatoms. The largest absolute Gasteiger partial charge is 0.467 e. The molecule has 3 aliphatic heterocycles. The van der Waals surface area contributed by atoms with Crippen molar-refractivity contribution >= 4 is 16.7 Å². The average Bonchev–Trinajstić information content (AvgIpc) is 3.63. The minimum Gasteiger partial charge on any atom is -0.467 e. The molecule has 3 aromatic rings. The van der Waals surface area contributed by atoms with Crippen LogP contribution >= 0.6 is 0 Å². The lowest BCUT2D eigenvalue weighted by Gasteiger charge is -2.38. The molecule has 0 radical (unpaired) electrons. The van der Waals surface area contributed by atoms with Crippen LogP contribution in [0.1, 0.15) is 29.9 Å². The number of aliphatic hydroxyl groups is 1. The number of hydrogen-bond donors (Lipinski definition) is 1. The third kappa shape index (κ3) is 4.84. The van der Waals surface area contributed by atoms with Crippen LogP contribution in [0.15, 0.2) is 24.4 Å². The zero-order valence-corrected chi connectivity index (χ0v) is 21.9. The number of halogens is 1. The highest BCUT2D eigenvalue weighted by Gasteiger charge is 2.35. The standard InChI is InChI=1S/C27H35FN6O4/c1-17-9-18-12-29-34(26-11-25(30-27(31-26)36-2)33-6-8-38-20(13-33)15-35)24(18)10-22(17)21-3-5-32(14-23(21)28)19-4-7-37-16-19/h9-12,19-21,23,35H,3-8,13-16H2,1-2H3/t19?,20-,21?,23?/m1/s1. The molecule has 3 saturated heterocycles. The molecular weight excluding hydrogens is 491 g/mol. The molecule has 0 spiro atoms. The number of nitrogens with zero attached hydrogens (tertiary/aromatic N) is 6. The summed E-state index contributed by atoms with van der Waals surface area (Å²) in [4.78, 5) is 13.4. The lowest BCUT2D eigenvalue weighted by Crippen LogP contribution is -2.46. The first kappa shape index (κ1) is 25.4. The maximum Gasteiger partial charge on any atom is 0.320 e. The van der Waals surface area contributed by atoms with Crippen LogP contribution in [0.25, 0.3) is 16.7 Å². The summed E-state index contributed by atoms with van der Waals surface area (Å²) in [6.45, 7) is 6.44. The molecule has 38 heavy (non-hydrogen) atoms. The topological polar surface area (TPSA) is 98.0 Å². The van der Waals surface area contributed by atoms with Gasteiger partial charge in [0.2, 0.25) is 0 Å². The maximum atomic E-state index is 15.6. The van der Waals surface area contributed by atoms with Gasteiger partial charge in [0.05, 0.1) is 44.7 Å². The predicted octanol–water partition coefficient (Wildman–Crippen LogP) is 2.25. The van der Waals surface area contributed by atoms with E-state index in [1.165, 1.54) is 7.11 Å². The van der Waals surface area contributed by atoms with Crippen LogP contribution in [0.5, 0.6) is 6.01 Å². The number of aromatic nitrogens is 4. The number of fused-ring (bicyclic) bond motifs is 1. The Labute approximate surface area is 221 Å². The van der Waals surface area contributed by atoms with Gasteiger partial charge in [0.25, 0.3) is 0 Å². The number of hydrogen-bond acceptors (Lipinski definition) is 9. The van der Waals surface area contributed by atoms with Crippen molar-refractivity contribution in [2.75, 3.05) is 64.6 Å². The summed E-state index contributed by atoms with van der Waals surface area (Å²) in [5, 5.41) is 15.2. The van der Waals surface area contributed by atoms with Crippen molar-refractivity contribution in [3.05, 3.63) is 35.5 Å². The van der Waals surface area contributed by atoms with Gasteiger partial charge in [-0.25, -0.2) is 9.07 Å². The van der Waals surface area contributed by atoms with E-state index < -0.39 is 6.17 Å². The SMILES string of the molecule is COc1nc(N2CCO[C@@H](CO)C2)cc(-n2ncc3cc(C)c(C4CCN(C5CCOC5)CC4F)cc32)n1. The van der Waals surface area contributed by atoms with Crippen LogP contribution in [0.2, 0.25) is 0 Å². The number of benzene rings is 1. The number of piperidine rings is 1. The van der Waals surface area contributed by atoms with Crippen molar-refractivity contribution in [3.8, 4) is 11.8 Å². The first-order chi connectivity index (χ1) is 18.5. The maximum absolute atomic E-state index is 15.6. The van der Waals surface area contributed by atoms with Crippen molar-refractivity contribution < 1.29 is 23.7 Å². The summed E-state index contributed by atoms with van der Waals surface area (Å²) in [5.74, 6) is 1.08. The summed E-state index contributed by atoms with van der Waals surface area (Å²) < 4.78 is 33.9. The second-order valence-corrected chi connectivity index (χ2v) is 10.4. The van der Waals surface area contributed by atoms with Gasteiger partial charge in [-0.15, -0.1) is 0 Å². The quantitative estimate of drug-likeness (QED) is 0.519. The van der Waals surface area contributed by atoms with Crippen LogP contribution in [0, 0.1) is 6.92 Å². The first-order valence-electron chi connectivity index (χ1n) is 13.4. The number of morpholine rings is 1. The zero-order valence-electron chi connectivity index (χ0n) is 21.9. The van der Waals surface area contributed by atoms with Gasteiger partial charge >= 0.3 is 6.01 Å². The van der Waals surface area contributed by atoms with Crippen molar-refractivity contribution in [2.45, 2.75) is 44.0 Å². The van der Waals surface area contributed by atoms with Crippen molar-refractivity contribution in [1.29, 1.82) is 0 Å². The first-order valence-corrected chi connectivity index (χ1v) is 13.4. The highest BCUT2D eigenvalue weighted by Crippen LogP contribution is 2.36. The number of methoxy groups -OCH3 is 1. The van der Waals surface area contributed by atoms with E-state index in [1.807, 2.05) is 12.3 Å². The van der Waals surface area contributed by atoms with Crippen LogP contribution in [0.4, 0.5) is 10.2 Å². The van der Waals surface area contributed by atoms with E-state index >= 15 is 4.39 Å². The Kier molecular flexibility index (Phi) is 7.17. The van der Waals surface area contributed by atoms with Crippen LogP contribution in [0.3, 0.4) is 0 Å². The van der Waals surface area contributed by atoms with Gasteiger partial charge in [-0.3, -0.25) is 4.90 Å². The van der Waals surface area contributed by atoms with E-state index in [2.05, 4.69) is 43.9 Å². The van der Waals surface area contributed by atoms with Gasteiger partial charge in [-0.2, -0.15) is 15.1 Å². The van der Waals surface area contributed by atoms with Crippen molar-refractivity contribution in [1.82, 2.24) is 24.6 Å². The normalized spacial score (nSPS) is 26.8. The Morgan fingerprint density at radius 3 is 2.74 bits per heavy atom. The summed E-state index contributed by atoms with van der Waals surface area (Å²) in [6.07, 6.45) is 2.35. The Morgan fingerprint density at radius 2 is 1.97 bits per heavy atom. The molecule has 1 N–H and O–H groups in total. The van der Waals surface area contributed by atoms with Crippen LogP contribution in [-0.4, -0.2) is 108 Å². The number of ether oxygens (including phenoxy) is 3. The van der Waals surface area contributed by atoms with Gasteiger partial charge in [0.15, 0.2) is 5.82 Å². The van der Waals surface area contributed by atoms with Gasteiger partial charge in [0.1, 0.15) is 12.0 Å². The number of likely N-dealkylation sites (tertiary alicyclic amines) is 1. The molecule has 2 aromatic heterocycles. The summed E-state index contributed by atoms with van der Waals surface area (Å²) in [7, 11) is 1.53. The molecule has 3 aliphatic rings. The molecule has 6 rings (SSSR count). The molecule has 5 heterocycles. The number of aliphatic hydroxyl groups excluding tert-OH is 1. The third-order valence-electron chi connectivity index (χ3n) is 8.09. The van der Waals surface area contributed by atoms with E-state index in [0.29, 0.717) is 50.5 Å². The number of aryl methyl sites for hydroxylation is 1. The molecular formula is C27H35FN6O4. The molecule has 1 aromatic carbocycles. The second kappa shape index (κ2) is 10.7. The molecule has 0 bridgehead atoms. The van der Waals surface area contributed by atoms with E-state index in [4.69, 9.17) is 14.2 Å². The molecule has 3 fully saturated rings. The molecule has 3 unspecified atom stereocenters. The molecule has 0 amide bonds. The fraction of sp³-hybridized carbons (Fsp3) is 0.593. The number of anilines is 1. The van der Waals surface area contributed by atoms with E-state index in [1.54, 1.807) is 4.68 Å². The van der Waals surface area contributed by atoms with Gasteiger partial charge < -0.3 is 24.2 Å². The highest BCUT2D eigenvalue weighted by molar-refractivity contribution is 5.82. The fourth-order valence-corrected chi connectivity index (χ4v) is 6.01. The predicted molar refractivity (Wildman–Crippen MR) is 140 cm³/mol. The smallest absolute Gasteiger partial charge is 0.320 e. The third-order valence-corrected chi connectivity index (χ3v) is 8.09. The van der Waals surface area contributed by atoms with Crippen LogP contribution < -0.4 is 9.64 Å². The Balaban J connectivity index is 1.32. The summed E-state index contributed by atoms with van der Waals surface area (Å²) in [6, 6.07) is 6.60. The minimum absolute atomic E-state index is 0.0551. The fourth-order valence-electron chi connectivity index (χ4n) is 6.01. The molecule has 204 valence electrons. The second-order valence-electron chi connectivity index (χ2n) is 10.4. The van der Waals surface area contributed by atoms with E-state index in [0.717, 1.165) is 48.0 Å². The van der Waals surface area contributed by atoms with Gasteiger partial charge in [0, 0.05) is 49.7 Å². The number of rotatable bonds is 6. The Morgan fingerprint density at radius 1 is 1.11 bits per heavy atom. The van der Waals surface area contributed by atoms with E-state index in [-0.39, 0.29) is 24.6 Å². The average molecular weight is 527 g/mol. The summed E-state index contributed by atoms with van der Waals surface area (Å²) in [5.41, 5.74) is 2.97. The van der Waals surface area contributed by atoms with Gasteiger partial charge in [-0.05, 0) is 49.6 Å². The van der Waals surface area contributed by atoms with Crippen molar-refractivity contribution in [3.63, 3.8) is 0 Å². The molecule has 0 aliphatic carbocycles. The minimum atomic E-state index is -0.941.